The Kier molecular flexibility index (Phi) is 3.19. The van der Waals surface area contributed by atoms with Crippen molar-refractivity contribution in [3.05, 3.63) is 31.9 Å². The first-order chi connectivity index (χ1) is 5.15. The maximum absolute atomic E-state index is 6.00. The van der Waals surface area contributed by atoms with Crippen LogP contribution in [-0.4, -0.2) is 0 Å². The van der Waals surface area contributed by atoms with Crippen LogP contribution in [0.2, 0.25) is 5.02 Å². The van der Waals surface area contributed by atoms with Gasteiger partial charge in [-0.25, -0.2) is 0 Å². The van der Waals surface area contributed by atoms with E-state index < -0.39 is 0 Å². The highest BCUT2D eigenvalue weighted by atomic mass is 127. The molecule has 0 aliphatic rings. The second-order valence-corrected chi connectivity index (χ2v) is 4.12. The minimum atomic E-state index is 0.891. The van der Waals surface area contributed by atoms with E-state index in [0.717, 1.165) is 11.4 Å². The summed E-state index contributed by atoms with van der Waals surface area (Å²) < 4.78 is 1.24. The van der Waals surface area contributed by atoms with E-state index in [9.17, 15) is 0 Å². The van der Waals surface area contributed by atoms with Crippen LogP contribution in [0.5, 0.6) is 0 Å². The van der Waals surface area contributed by atoms with Gasteiger partial charge in [0.15, 0.2) is 0 Å². The Bertz CT molecular complexity index is 269. The van der Waals surface area contributed by atoms with Gasteiger partial charge in [-0.15, -0.1) is 0 Å². The lowest BCUT2D eigenvalue weighted by molar-refractivity contribution is 1.13. The zero-order valence-electron chi connectivity index (χ0n) is 6.62. The van der Waals surface area contributed by atoms with Gasteiger partial charge in [0, 0.05) is 8.59 Å². The van der Waals surface area contributed by atoms with Gasteiger partial charge in [-0.1, -0.05) is 24.6 Å². The quantitative estimate of drug-likeness (QED) is 0.686. The van der Waals surface area contributed by atoms with E-state index in [0.29, 0.717) is 0 Å². The fourth-order valence-corrected chi connectivity index (χ4v) is 1.94. The molecule has 0 N–H and O–H groups in total. The molecule has 0 bridgehead atoms. The maximum Gasteiger partial charge on any atom is 0.0448 e. The summed E-state index contributed by atoms with van der Waals surface area (Å²) in [5.74, 6) is 0. The second kappa shape index (κ2) is 3.76. The number of rotatable bonds is 1. The number of benzene rings is 1. The molecule has 0 heterocycles. The smallest absolute Gasteiger partial charge is 0.0448 e. The topological polar surface area (TPSA) is 0 Å². The number of aryl methyl sites for hydroxylation is 2. The maximum atomic E-state index is 6.00. The molecule has 0 aliphatic heterocycles. The van der Waals surface area contributed by atoms with Crippen molar-refractivity contribution in [1.29, 1.82) is 0 Å². The molecule has 0 atom stereocenters. The lowest BCUT2D eigenvalue weighted by Gasteiger charge is -2.04. The Hall–Kier alpha value is 0.240. The van der Waals surface area contributed by atoms with Crippen LogP contribution in [0.1, 0.15) is 18.1 Å². The van der Waals surface area contributed by atoms with Crippen LogP contribution in [0.4, 0.5) is 0 Å². The van der Waals surface area contributed by atoms with Gasteiger partial charge >= 0.3 is 0 Å². The normalized spacial score (nSPS) is 10.2. The van der Waals surface area contributed by atoms with Crippen LogP contribution in [0.3, 0.4) is 0 Å². The Balaban J connectivity index is 3.21. The third kappa shape index (κ3) is 2.09. The summed E-state index contributed by atoms with van der Waals surface area (Å²) >= 11 is 8.30. The molecule has 0 fully saturated rings. The van der Waals surface area contributed by atoms with Gasteiger partial charge in [0.1, 0.15) is 0 Å². The Morgan fingerprint density at radius 3 is 2.64 bits per heavy atom. The van der Waals surface area contributed by atoms with Gasteiger partial charge in [0.25, 0.3) is 0 Å². The van der Waals surface area contributed by atoms with Crippen LogP contribution in [0.25, 0.3) is 0 Å². The van der Waals surface area contributed by atoms with Crippen molar-refractivity contribution in [3.63, 3.8) is 0 Å². The van der Waals surface area contributed by atoms with Gasteiger partial charge in [-0.05, 0) is 53.1 Å². The lowest BCUT2D eigenvalue weighted by atomic mass is 10.1. The van der Waals surface area contributed by atoms with Crippen LogP contribution in [0, 0.1) is 10.5 Å². The molecule has 1 aromatic carbocycles. The Labute approximate surface area is 86.1 Å². The molecule has 60 valence electrons. The molecule has 2 heteroatoms. The summed E-state index contributed by atoms with van der Waals surface area (Å²) in [5.41, 5.74) is 2.55. The van der Waals surface area contributed by atoms with Crippen molar-refractivity contribution >= 4 is 34.2 Å². The molecule has 0 saturated heterocycles. The Morgan fingerprint density at radius 1 is 1.45 bits per heavy atom. The summed E-state index contributed by atoms with van der Waals surface area (Å²) in [7, 11) is 0. The van der Waals surface area contributed by atoms with Gasteiger partial charge < -0.3 is 0 Å². The van der Waals surface area contributed by atoms with Gasteiger partial charge in [-0.2, -0.15) is 0 Å². The van der Waals surface area contributed by atoms with E-state index in [1.165, 1.54) is 14.7 Å². The van der Waals surface area contributed by atoms with Gasteiger partial charge in [0.2, 0.25) is 0 Å². The first-order valence-electron chi connectivity index (χ1n) is 3.59. The molecule has 11 heavy (non-hydrogen) atoms. The first kappa shape index (κ1) is 9.33. The zero-order chi connectivity index (χ0) is 8.43. The predicted octanol–water partition coefficient (Wildman–Crippen LogP) is 3.82. The van der Waals surface area contributed by atoms with E-state index in [4.69, 9.17) is 11.6 Å². The zero-order valence-corrected chi connectivity index (χ0v) is 9.53. The van der Waals surface area contributed by atoms with E-state index in [1.54, 1.807) is 0 Å². The molecular formula is C9H10ClI. The molecule has 0 saturated carbocycles. The fourth-order valence-electron chi connectivity index (χ4n) is 0.988. The minimum absolute atomic E-state index is 0.891. The van der Waals surface area contributed by atoms with Gasteiger partial charge in [0.05, 0.1) is 0 Å². The van der Waals surface area contributed by atoms with Crippen molar-refractivity contribution in [2.24, 2.45) is 0 Å². The number of halogens is 2. The molecule has 0 unspecified atom stereocenters. The van der Waals surface area contributed by atoms with E-state index in [-0.39, 0.29) is 0 Å². The highest BCUT2D eigenvalue weighted by Crippen LogP contribution is 2.22. The molecule has 0 aliphatic carbocycles. The van der Waals surface area contributed by atoms with Crippen molar-refractivity contribution in [2.45, 2.75) is 20.3 Å². The van der Waals surface area contributed by atoms with Crippen molar-refractivity contribution < 1.29 is 0 Å². The summed E-state index contributed by atoms with van der Waals surface area (Å²) in [5, 5.41) is 0.891. The highest BCUT2D eigenvalue weighted by Gasteiger charge is 2.01. The fraction of sp³-hybridized carbons (Fsp3) is 0.333. The van der Waals surface area contributed by atoms with Gasteiger partial charge in [-0.3, -0.25) is 0 Å². The molecule has 1 rings (SSSR count). The summed E-state index contributed by atoms with van der Waals surface area (Å²) in [6.07, 6.45) is 1.01. The van der Waals surface area contributed by atoms with E-state index in [2.05, 4.69) is 42.5 Å². The van der Waals surface area contributed by atoms with Crippen molar-refractivity contribution in [3.8, 4) is 0 Å². The summed E-state index contributed by atoms with van der Waals surface area (Å²) in [6, 6.07) is 4.18. The number of hydrogen-bond donors (Lipinski definition) is 0. The average Bonchev–Trinajstić information content (AvgIpc) is 1.97. The third-order valence-electron chi connectivity index (χ3n) is 1.71. The van der Waals surface area contributed by atoms with Crippen molar-refractivity contribution in [2.75, 3.05) is 0 Å². The molecule has 0 aromatic heterocycles. The largest absolute Gasteiger partial charge is 0.0840 e. The molecular weight excluding hydrogens is 270 g/mol. The minimum Gasteiger partial charge on any atom is -0.0840 e. The highest BCUT2D eigenvalue weighted by molar-refractivity contribution is 14.1. The molecule has 0 radical (unpaired) electrons. The summed E-state index contributed by atoms with van der Waals surface area (Å²) in [6.45, 7) is 4.23. The van der Waals surface area contributed by atoms with Crippen LogP contribution >= 0.6 is 34.2 Å². The van der Waals surface area contributed by atoms with Crippen LogP contribution in [0.15, 0.2) is 12.1 Å². The van der Waals surface area contributed by atoms with Crippen LogP contribution in [-0.2, 0) is 6.42 Å². The monoisotopic (exact) mass is 280 g/mol. The number of hydrogen-bond acceptors (Lipinski definition) is 0. The molecule has 0 amide bonds. The van der Waals surface area contributed by atoms with Crippen molar-refractivity contribution in [1.82, 2.24) is 0 Å². The van der Waals surface area contributed by atoms with E-state index in [1.807, 2.05) is 6.07 Å². The summed E-state index contributed by atoms with van der Waals surface area (Å²) in [4.78, 5) is 0. The molecule has 1 aromatic rings. The SMILES string of the molecule is CCc1cc(C)c(I)cc1Cl. The third-order valence-corrected chi connectivity index (χ3v) is 3.22. The predicted molar refractivity (Wildman–Crippen MR) is 58.3 cm³/mol. The second-order valence-electron chi connectivity index (χ2n) is 2.55. The lowest BCUT2D eigenvalue weighted by Crippen LogP contribution is -1.87. The van der Waals surface area contributed by atoms with E-state index >= 15 is 0 Å². The average molecular weight is 281 g/mol. The molecule has 0 nitrogen and oxygen atoms in total. The first-order valence-corrected chi connectivity index (χ1v) is 5.05. The Morgan fingerprint density at radius 2 is 2.09 bits per heavy atom. The molecule has 0 spiro atoms. The standard InChI is InChI=1S/C9H10ClI/c1-3-7-4-6(2)9(11)5-8(7)10/h4-5H,3H2,1-2H3. The van der Waals surface area contributed by atoms with Crippen LogP contribution < -0.4 is 0 Å².